The summed E-state index contributed by atoms with van der Waals surface area (Å²) in [5, 5.41) is 0.691. The second kappa shape index (κ2) is 7.55. The molecule has 2 aromatic carbocycles. The number of carbonyl (C=O) groups excluding carboxylic acids is 1. The molecule has 25 heavy (non-hydrogen) atoms. The minimum absolute atomic E-state index is 0.302. The Morgan fingerprint density at radius 1 is 1.00 bits per heavy atom. The maximum absolute atomic E-state index is 12.1. The number of hydrazine groups is 1. The fraction of sp³-hybridized carbons (Fsp3) is 0.150. The Morgan fingerprint density at radius 2 is 1.64 bits per heavy atom. The Kier molecular flexibility index (Phi) is 5.22. The molecule has 0 saturated heterocycles. The first kappa shape index (κ1) is 17.3. The van der Waals surface area contributed by atoms with Crippen LogP contribution in [0.25, 0.3) is 0 Å². The number of nitrogens with two attached hydrogens (primary N) is 1. The van der Waals surface area contributed by atoms with Gasteiger partial charge in [-0.3, -0.25) is 10.2 Å². The molecule has 0 unspecified atom stereocenters. The molecule has 4 nitrogen and oxygen atoms in total. The highest BCUT2D eigenvalue weighted by atomic mass is 35.5. The highest BCUT2D eigenvalue weighted by molar-refractivity contribution is 6.30. The molecule has 0 saturated carbocycles. The lowest BCUT2D eigenvalue weighted by Gasteiger charge is -2.13. The minimum Gasteiger partial charge on any atom is -0.336 e. The third kappa shape index (κ3) is 4.10. The summed E-state index contributed by atoms with van der Waals surface area (Å²) in [4.78, 5) is 12.1. The van der Waals surface area contributed by atoms with Crippen LogP contribution in [0.2, 0.25) is 5.02 Å². The number of rotatable bonds is 5. The first-order chi connectivity index (χ1) is 12.1. The predicted molar refractivity (Wildman–Crippen MR) is 101 cm³/mol. The minimum atomic E-state index is -0.302. The average Bonchev–Trinajstić information content (AvgIpc) is 3.00. The highest BCUT2D eigenvalue weighted by Gasteiger charge is 2.15. The van der Waals surface area contributed by atoms with E-state index in [1.165, 1.54) is 11.1 Å². The zero-order chi connectivity index (χ0) is 17.8. The van der Waals surface area contributed by atoms with Gasteiger partial charge in [0, 0.05) is 23.7 Å². The van der Waals surface area contributed by atoms with E-state index >= 15 is 0 Å². The number of halogens is 1. The smallest absolute Gasteiger partial charge is 0.281 e. The van der Waals surface area contributed by atoms with Gasteiger partial charge in [0.15, 0.2) is 0 Å². The van der Waals surface area contributed by atoms with E-state index < -0.39 is 0 Å². The van der Waals surface area contributed by atoms with Gasteiger partial charge in [-0.2, -0.15) is 0 Å². The Hall–Kier alpha value is -2.56. The lowest BCUT2D eigenvalue weighted by molar-refractivity contribution is 0.0944. The molecule has 3 aromatic rings. The van der Waals surface area contributed by atoms with Gasteiger partial charge in [0.2, 0.25) is 0 Å². The van der Waals surface area contributed by atoms with Gasteiger partial charge in [-0.1, -0.05) is 53.6 Å². The van der Waals surface area contributed by atoms with E-state index in [2.05, 4.69) is 36.6 Å². The number of amides is 1. The van der Waals surface area contributed by atoms with Crippen molar-refractivity contribution < 1.29 is 4.79 Å². The molecule has 1 amide bonds. The normalized spacial score (nSPS) is 10.7. The number of nitrogens with zero attached hydrogens (tertiary/aromatic N) is 1. The second-order valence-corrected chi connectivity index (χ2v) is 6.49. The Labute approximate surface area is 152 Å². The van der Waals surface area contributed by atoms with Crippen LogP contribution < -0.4 is 11.3 Å². The molecule has 0 aliphatic carbocycles. The number of nitrogens with one attached hydrogen (secondary N) is 1. The second-order valence-electron chi connectivity index (χ2n) is 6.06. The number of nitrogen functional groups attached to an aromatic ring is 1. The van der Waals surface area contributed by atoms with E-state index in [1.807, 2.05) is 41.0 Å². The summed E-state index contributed by atoms with van der Waals surface area (Å²) in [6, 6.07) is 19.8. The fourth-order valence-electron chi connectivity index (χ4n) is 2.81. The molecule has 3 N–H and O–H groups in total. The van der Waals surface area contributed by atoms with Gasteiger partial charge in [-0.05, 0) is 42.3 Å². The lowest BCUT2D eigenvalue weighted by atomic mass is 10.1. The maximum atomic E-state index is 12.1. The van der Waals surface area contributed by atoms with Crippen molar-refractivity contribution in [2.45, 2.75) is 19.9 Å². The molecular weight excluding hydrogens is 334 g/mol. The van der Waals surface area contributed by atoms with Crippen LogP contribution >= 0.6 is 11.6 Å². The Morgan fingerprint density at radius 3 is 2.28 bits per heavy atom. The summed E-state index contributed by atoms with van der Waals surface area (Å²) in [6.45, 7) is 2.64. The Balaban J connectivity index is 1.94. The molecule has 0 bridgehead atoms. The number of hydrogen-bond donors (Lipinski definition) is 2. The monoisotopic (exact) mass is 353 g/mol. The van der Waals surface area contributed by atoms with Gasteiger partial charge in [0.05, 0.1) is 0 Å². The zero-order valence-corrected chi connectivity index (χ0v) is 14.8. The topological polar surface area (TPSA) is 60.1 Å². The molecule has 0 atom stereocenters. The van der Waals surface area contributed by atoms with Crippen LogP contribution in [0.1, 0.15) is 32.9 Å². The van der Waals surface area contributed by atoms with Crippen molar-refractivity contribution in [1.29, 1.82) is 0 Å². The average molecular weight is 354 g/mol. The zero-order valence-electron chi connectivity index (χ0n) is 14.0. The largest absolute Gasteiger partial charge is 0.336 e. The van der Waals surface area contributed by atoms with E-state index in [-0.39, 0.29) is 5.91 Å². The maximum Gasteiger partial charge on any atom is 0.281 e. The van der Waals surface area contributed by atoms with Crippen molar-refractivity contribution in [3.05, 3.63) is 93.8 Å². The molecule has 0 aliphatic heterocycles. The van der Waals surface area contributed by atoms with E-state index in [9.17, 15) is 4.79 Å². The molecule has 0 fully saturated rings. The van der Waals surface area contributed by atoms with Crippen LogP contribution in [0.5, 0.6) is 0 Å². The van der Waals surface area contributed by atoms with Gasteiger partial charge < -0.3 is 4.57 Å². The predicted octanol–water partition coefficient (Wildman–Crippen LogP) is 3.69. The van der Waals surface area contributed by atoms with Crippen molar-refractivity contribution in [3.63, 3.8) is 0 Å². The summed E-state index contributed by atoms with van der Waals surface area (Å²) < 4.78 is 1.99. The fourth-order valence-corrected chi connectivity index (χ4v) is 2.94. The number of benzene rings is 2. The lowest BCUT2D eigenvalue weighted by Crippen LogP contribution is -2.32. The summed E-state index contributed by atoms with van der Waals surface area (Å²) in [7, 11) is 0. The molecule has 3 rings (SSSR count). The van der Waals surface area contributed by atoms with Crippen molar-refractivity contribution in [2.75, 3.05) is 0 Å². The van der Waals surface area contributed by atoms with Crippen molar-refractivity contribution in [3.8, 4) is 0 Å². The third-order valence-corrected chi connectivity index (χ3v) is 4.45. The van der Waals surface area contributed by atoms with Crippen LogP contribution in [0.3, 0.4) is 0 Å². The number of aromatic nitrogens is 1. The van der Waals surface area contributed by atoms with Gasteiger partial charge in [-0.25, -0.2) is 5.84 Å². The molecule has 128 valence electrons. The van der Waals surface area contributed by atoms with Gasteiger partial charge >= 0.3 is 0 Å². The number of hydrogen-bond acceptors (Lipinski definition) is 2. The molecule has 1 heterocycles. The summed E-state index contributed by atoms with van der Waals surface area (Å²) in [5.41, 5.74) is 7.30. The van der Waals surface area contributed by atoms with Gasteiger partial charge in [0.1, 0.15) is 5.69 Å². The highest BCUT2D eigenvalue weighted by Crippen LogP contribution is 2.18. The standard InChI is InChI=1S/C20H20ClN3O/c1-14-2-4-15(5-3-14)12-18-10-11-19(20(25)23-22)24(18)13-16-6-8-17(21)9-7-16/h2-11H,12-13,22H2,1H3,(H,23,25). The van der Waals surface area contributed by atoms with Crippen LogP contribution in [-0.4, -0.2) is 10.5 Å². The van der Waals surface area contributed by atoms with Crippen LogP contribution in [-0.2, 0) is 13.0 Å². The van der Waals surface area contributed by atoms with Crippen molar-refractivity contribution in [1.82, 2.24) is 9.99 Å². The molecule has 0 aliphatic rings. The van der Waals surface area contributed by atoms with E-state index in [0.29, 0.717) is 17.3 Å². The first-order valence-electron chi connectivity index (χ1n) is 8.06. The molecule has 1 aromatic heterocycles. The Bertz CT molecular complexity index is 867. The molecule has 5 heteroatoms. The van der Waals surface area contributed by atoms with Crippen LogP contribution in [0.4, 0.5) is 0 Å². The molecule has 0 radical (unpaired) electrons. The first-order valence-corrected chi connectivity index (χ1v) is 8.44. The van der Waals surface area contributed by atoms with Gasteiger partial charge in [-0.15, -0.1) is 0 Å². The summed E-state index contributed by atoms with van der Waals surface area (Å²) in [6.07, 6.45) is 0.742. The SMILES string of the molecule is Cc1ccc(Cc2ccc(C(=O)NN)n2Cc2ccc(Cl)cc2)cc1. The van der Waals surface area contributed by atoms with Gasteiger partial charge in [0.25, 0.3) is 5.91 Å². The number of carbonyl (C=O) groups is 1. The number of aryl methyl sites for hydroxylation is 1. The van der Waals surface area contributed by atoms with Crippen LogP contribution in [0.15, 0.2) is 60.7 Å². The van der Waals surface area contributed by atoms with Crippen LogP contribution in [0, 0.1) is 6.92 Å². The van der Waals surface area contributed by atoms with E-state index in [4.69, 9.17) is 17.4 Å². The van der Waals surface area contributed by atoms with E-state index in [1.54, 1.807) is 0 Å². The summed E-state index contributed by atoms with van der Waals surface area (Å²) in [5.74, 6) is 5.03. The quantitative estimate of drug-likeness (QED) is 0.417. The summed E-state index contributed by atoms with van der Waals surface area (Å²) >= 11 is 5.96. The van der Waals surface area contributed by atoms with E-state index in [0.717, 1.165) is 17.7 Å². The molecular formula is C20H20ClN3O. The molecule has 0 spiro atoms. The third-order valence-electron chi connectivity index (χ3n) is 4.19. The van der Waals surface area contributed by atoms with Crippen molar-refractivity contribution >= 4 is 17.5 Å². The van der Waals surface area contributed by atoms with Crippen molar-refractivity contribution in [2.24, 2.45) is 5.84 Å².